The van der Waals surface area contributed by atoms with Crippen molar-refractivity contribution in [3.8, 4) is 5.75 Å². The highest BCUT2D eigenvalue weighted by molar-refractivity contribution is 8.01. The molecule has 1 heterocycles. The molecule has 0 fully saturated rings. The monoisotopic (exact) mass is 352 g/mol. The second kappa shape index (κ2) is 8.73. The highest BCUT2D eigenvalue weighted by Gasteiger charge is 2.12. The zero-order chi connectivity index (χ0) is 16.7. The molecule has 0 aliphatic rings. The summed E-state index contributed by atoms with van der Waals surface area (Å²) in [4.78, 5) is 13.9. The van der Waals surface area contributed by atoms with Gasteiger partial charge < -0.3 is 15.0 Å². The highest BCUT2D eigenvalue weighted by Crippen LogP contribution is 2.25. The molecule has 0 aliphatic carbocycles. The Morgan fingerprint density at radius 1 is 1.43 bits per heavy atom. The van der Waals surface area contributed by atoms with Crippen LogP contribution < -0.4 is 10.1 Å². The zero-order valence-electron chi connectivity index (χ0n) is 13.4. The standard InChI is InChI=1S/C15H20N4O2S2/c1-4-16-14-17-18-15(23-14)22-10-13(20)19(2)9-11-6-5-7-12(8-11)21-3/h5-8H,4,9-10H2,1-3H3,(H,16,17). The molecular formula is C15H20N4O2S2. The molecule has 0 atom stereocenters. The van der Waals surface area contributed by atoms with E-state index in [9.17, 15) is 4.79 Å². The quantitative estimate of drug-likeness (QED) is 0.737. The Morgan fingerprint density at radius 3 is 3.00 bits per heavy atom. The van der Waals surface area contributed by atoms with Gasteiger partial charge in [-0.25, -0.2) is 0 Å². The van der Waals surface area contributed by atoms with Gasteiger partial charge in [-0.3, -0.25) is 4.79 Å². The number of nitrogens with zero attached hydrogens (tertiary/aromatic N) is 3. The van der Waals surface area contributed by atoms with E-state index in [-0.39, 0.29) is 5.91 Å². The molecule has 2 aromatic rings. The number of methoxy groups -OCH3 is 1. The van der Waals surface area contributed by atoms with Crippen LogP contribution in [0.1, 0.15) is 12.5 Å². The Morgan fingerprint density at radius 2 is 2.26 bits per heavy atom. The number of hydrogen-bond donors (Lipinski definition) is 1. The van der Waals surface area contributed by atoms with E-state index in [0.29, 0.717) is 12.3 Å². The Balaban J connectivity index is 1.84. The van der Waals surface area contributed by atoms with Crippen LogP contribution in [0.2, 0.25) is 0 Å². The Hall–Kier alpha value is -1.80. The van der Waals surface area contributed by atoms with Gasteiger partial charge >= 0.3 is 0 Å². The highest BCUT2D eigenvalue weighted by atomic mass is 32.2. The number of carbonyl (C=O) groups excluding carboxylic acids is 1. The summed E-state index contributed by atoms with van der Waals surface area (Å²) in [6.45, 7) is 3.36. The molecule has 23 heavy (non-hydrogen) atoms. The maximum absolute atomic E-state index is 12.2. The van der Waals surface area contributed by atoms with Crippen LogP contribution in [0.5, 0.6) is 5.75 Å². The number of rotatable bonds is 8. The summed E-state index contributed by atoms with van der Waals surface area (Å²) in [5.74, 6) is 1.20. The van der Waals surface area contributed by atoms with Crippen LogP contribution in [-0.4, -0.2) is 47.5 Å². The summed E-state index contributed by atoms with van der Waals surface area (Å²) < 4.78 is 5.99. The molecule has 1 N–H and O–H groups in total. The Kier molecular flexibility index (Phi) is 6.66. The van der Waals surface area contributed by atoms with Gasteiger partial charge in [0, 0.05) is 20.1 Å². The predicted octanol–water partition coefficient (Wildman–Crippen LogP) is 2.73. The number of benzene rings is 1. The molecule has 1 aromatic carbocycles. The molecule has 0 saturated carbocycles. The van der Waals surface area contributed by atoms with Gasteiger partial charge in [0.1, 0.15) is 5.75 Å². The fourth-order valence-corrected chi connectivity index (χ4v) is 3.62. The van der Waals surface area contributed by atoms with E-state index in [4.69, 9.17) is 4.74 Å². The summed E-state index contributed by atoms with van der Waals surface area (Å²) in [7, 11) is 3.43. The van der Waals surface area contributed by atoms with Crippen LogP contribution >= 0.6 is 23.1 Å². The van der Waals surface area contributed by atoms with Crippen molar-refractivity contribution >= 4 is 34.1 Å². The molecule has 0 spiro atoms. The van der Waals surface area contributed by atoms with Crippen LogP contribution in [0.25, 0.3) is 0 Å². The molecular weight excluding hydrogens is 332 g/mol. The lowest BCUT2D eigenvalue weighted by molar-refractivity contribution is -0.127. The normalized spacial score (nSPS) is 10.4. The average Bonchev–Trinajstić information content (AvgIpc) is 3.00. The lowest BCUT2D eigenvalue weighted by Crippen LogP contribution is -2.27. The summed E-state index contributed by atoms with van der Waals surface area (Å²) in [6.07, 6.45) is 0. The minimum Gasteiger partial charge on any atom is -0.497 e. The average molecular weight is 352 g/mol. The number of carbonyl (C=O) groups is 1. The third-order valence-corrected chi connectivity index (χ3v) is 5.03. The number of thioether (sulfide) groups is 1. The molecule has 0 radical (unpaired) electrons. The van der Waals surface area contributed by atoms with Crippen molar-refractivity contribution in [3.63, 3.8) is 0 Å². The Labute approximate surface area is 144 Å². The number of ether oxygens (including phenoxy) is 1. The molecule has 124 valence electrons. The van der Waals surface area contributed by atoms with E-state index in [0.717, 1.165) is 27.3 Å². The SMILES string of the molecule is CCNc1nnc(SCC(=O)N(C)Cc2cccc(OC)c2)s1. The minimum atomic E-state index is 0.0537. The van der Waals surface area contributed by atoms with Crippen LogP contribution in [0, 0.1) is 0 Å². The summed E-state index contributed by atoms with van der Waals surface area (Å²) in [6, 6.07) is 7.72. The van der Waals surface area contributed by atoms with Gasteiger partial charge in [-0.05, 0) is 24.6 Å². The van der Waals surface area contributed by atoms with Gasteiger partial charge in [0.15, 0.2) is 4.34 Å². The van der Waals surface area contributed by atoms with Crippen LogP contribution in [0.3, 0.4) is 0 Å². The van der Waals surface area contributed by atoms with Crippen molar-refractivity contribution in [2.75, 3.05) is 31.8 Å². The first kappa shape index (κ1) is 17.6. The van der Waals surface area contributed by atoms with E-state index in [1.54, 1.807) is 19.1 Å². The smallest absolute Gasteiger partial charge is 0.233 e. The summed E-state index contributed by atoms with van der Waals surface area (Å²) >= 11 is 2.87. The number of aromatic nitrogens is 2. The summed E-state index contributed by atoms with van der Waals surface area (Å²) in [5.41, 5.74) is 1.04. The van der Waals surface area contributed by atoms with Gasteiger partial charge in [-0.15, -0.1) is 10.2 Å². The van der Waals surface area contributed by atoms with Gasteiger partial charge in [0.05, 0.1) is 12.9 Å². The van der Waals surface area contributed by atoms with Crippen molar-refractivity contribution in [1.29, 1.82) is 0 Å². The molecule has 0 aliphatic heterocycles. The van der Waals surface area contributed by atoms with Crippen molar-refractivity contribution in [3.05, 3.63) is 29.8 Å². The predicted molar refractivity (Wildman–Crippen MR) is 94.3 cm³/mol. The van der Waals surface area contributed by atoms with Gasteiger partial charge in [0.25, 0.3) is 0 Å². The van der Waals surface area contributed by atoms with E-state index in [2.05, 4.69) is 15.5 Å². The zero-order valence-corrected chi connectivity index (χ0v) is 15.0. The molecule has 6 nitrogen and oxygen atoms in total. The molecule has 0 bridgehead atoms. The van der Waals surface area contributed by atoms with E-state index in [1.165, 1.54) is 23.1 Å². The van der Waals surface area contributed by atoms with Crippen molar-refractivity contribution in [2.24, 2.45) is 0 Å². The van der Waals surface area contributed by atoms with Crippen molar-refractivity contribution in [2.45, 2.75) is 17.8 Å². The van der Waals surface area contributed by atoms with Crippen LogP contribution in [0.15, 0.2) is 28.6 Å². The largest absolute Gasteiger partial charge is 0.497 e. The molecule has 1 amide bonds. The maximum atomic E-state index is 12.2. The van der Waals surface area contributed by atoms with Crippen LogP contribution in [-0.2, 0) is 11.3 Å². The third kappa shape index (κ3) is 5.40. The lowest BCUT2D eigenvalue weighted by atomic mass is 10.2. The topological polar surface area (TPSA) is 67.4 Å². The first-order chi connectivity index (χ1) is 11.1. The van der Waals surface area contributed by atoms with Crippen molar-refractivity contribution < 1.29 is 9.53 Å². The van der Waals surface area contributed by atoms with E-state index >= 15 is 0 Å². The van der Waals surface area contributed by atoms with Gasteiger partial charge in [-0.2, -0.15) is 0 Å². The fraction of sp³-hybridized carbons (Fsp3) is 0.400. The minimum absolute atomic E-state index is 0.0537. The van der Waals surface area contributed by atoms with Gasteiger partial charge in [0.2, 0.25) is 11.0 Å². The fourth-order valence-electron chi connectivity index (χ4n) is 1.86. The van der Waals surface area contributed by atoms with Gasteiger partial charge in [-0.1, -0.05) is 35.2 Å². The second-order valence-corrected chi connectivity index (χ2v) is 6.99. The molecule has 1 aromatic heterocycles. The number of nitrogens with one attached hydrogen (secondary N) is 1. The number of hydrogen-bond acceptors (Lipinski definition) is 7. The molecule has 2 rings (SSSR count). The second-order valence-electron chi connectivity index (χ2n) is 4.79. The molecule has 8 heteroatoms. The summed E-state index contributed by atoms with van der Waals surface area (Å²) in [5, 5.41) is 12.0. The van der Waals surface area contributed by atoms with E-state index < -0.39 is 0 Å². The van der Waals surface area contributed by atoms with Crippen LogP contribution in [0.4, 0.5) is 5.13 Å². The molecule has 0 unspecified atom stereocenters. The first-order valence-electron chi connectivity index (χ1n) is 7.19. The lowest BCUT2D eigenvalue weighted by Gasteiger charge is -2.17. The molecule has 0 saturated heterocycles. The van der Waals surface area contributed by atoms with Crippen molar-refractivity contribution in [1.82, 2.24) is 15.1 Å². The Bertz CT molecular complexity index is 648. The third-order valence-electron chi connectivity index (χ3n) is 3.03. The van der Waals surface area contributed by atoms with E-state index in [1.807, 2.05) is 31.2 Å². The first-order valence-corrected chi connectivity index (χ1v) is 8.99. The number of amides is 1. The number of anilines is 1. The maximum Gasteiger partial charge on any atom is 0.233 e.